The van der Waals surface area contributed by atoms with Crippen molar-refractivity contribution in [2.24, 2.45) is 5.92 Å². The molecule has 0 bridgehead atoms. The van der Waals surface area contributed by atoms with E-state index in [1.54, 1.807) is 0 Å². The van der Waals surface area contributed by atoms with Crippen molar-refractivity contribution in [3.8, 4) is 11.5 Å². The highest BCUT2D eigenvalue weighted by Crippen LogP contribution is 2.20. The fourth-order valence-electron chi connectivity index (χ4n) is 4.08. The molecule has 0 aliphatic carbocycles. The Bertz CT molecular complexity index is 1370. The molecule has 182 valence electrons. The van der Waals surface area contributed by atoms with Crippen LogP contribution in [0.25, 0.3) is 10.9 Å². The predicted octanol–water partition coefficient (Wildman–Crippen LogP) is 5.72. The number of nitrogens with one attached hydrogen (secondary N) is 1. The molecule has 2 aromatic heterocycles. The minimum atomic E-state index is 0.433. The Morgan fingerprint density at radius 1 is 0.778 bits per heavy atom. The van der Waals surface area contributed by atoms with E-state index in [-0.39, 0.29) is 0 Å². The first kappa shape index (κ1) is 23.5. The van der Waals surface area contributed by atoms with E-state index in [9.17, 15) is 0 Å². The molecule has 1 unspecified atom stereocenters. The zero-order valence-electron chi connectivity index (χ0n) is 20.3. The van der Waals surface area contributed by atoms with E-state index in [1.165, 1.54) is 5.56 Å². The average molecular weight is 480 g/mol. The molecular weight excluding hydrogens is 450 g/mol. The first-order chi connectivity index (χ1) is 17.7. The second-order valence-electron chi connectivity index (χ2n) is 9.04. The Morgan fingerprint density at radius 3 is 2.25 bits per heavy atom. The molecule has 0 amide bonds. The molecule has 0 fully saturated rings. The second-order valence-corrected chi connectivity index (χ2v) is 9.04. The summed E-state index contributed by atoms with van der Waals surface area (Å²) in [6.45, 7) is 3.19. The van der Waals surface area contributed by atoms with Crippen molar-refractivity contribution in [3.05, 3.63) is 108 Å². The number of fused-ring (bicyclic) bond motifs is 1. The van der Waals surface area contributed by atoms with E-state index in [0.717, 1.165) is 58.7 Å². The summed E-state index contributed by atoms with van der Waals surface area (Å²) < 4.78 is 11.9. The van der Waals surface area contributed by atoms with E-state index in [0.29, 0.717) is 19.1 Å². The molecule has 36 heavy (non-hydrogen) atoms. The van der Waals surface area contributed by atoms with Gasteiger partial charge in [0.05, 0.1) is 11.2 Å². The number of aryl methyl sites for hydroxylation is 1. The van der Waals surface area contributed by atoms with Crippen LogP contribution in [0.15, 0.2) is 84.9 Å². The number of tetrazole rings is 1. The Hall–Kier alpha value is -4.26. The lowest BCUT2D eigenvalue weighted by molar-refractivity contribution is 0.298. The third kappa shape index (κ3) is 6.44. The van der Waals surface area contributed by atoms with Crippen LogP contribution in [0.3, 0.4) is 0 Å². The molecule has 7 heteroatoms. The summed E-state index contributed by atoms with van der Waals surface area (Å²) in [5, 5.41) is 15.3. The van der Waals surface area contributed by atoms with Crippen molar-refractivity contribution < 1.29 is 9.47 Å². The van der Waals surface area contributed by atoms with Gasteiger partial charge in [-0.05, 0) is 66.3 Å². The second kappa shape index (κ2) is 11.4. The van der Waals surface area contributed by atoms with Gasteiger partial charge in [0.2, 0.25) is 0 Å². The average Bonchev–Trinajstić information content (AvgIpc) is 3.45. The van der Waals surface area contributed by atoms with Crippen molar-refractivity contribution in [2.45, 2.75) is 39.4 Å². The number of nitrogens with zero attached hydrogens (tertiary/aromatic N) is 4. The number of rotatable bonds is 11. The first-order valence-electron chi connectivity index (χ1n) is 12.2. The summed E-state index contributed by atoms with van der Waals surface area (Å²) in [6, 6.07) is 28.5. The molecule has 0 radical (unpaired) electrons. The number of pyridine rings is 1. The Balaban J connectivity index is 1.06. The largest absolute Gasteiger partial charge is 0.489 e. The topological polar surface area (TPSA) is 85.8 Å². The molecule has 7 nitrogen and oxygen atoms in total. The molecule has 0 saturated heterocycles. The minimum absolute atomic E-state index is 0.433. The molecule has 2 heterocycles. The number of ether oxygens (including phenoxy) is 2. The van der Waals surface area contributed by atoms with Crippen LogP contribution in [-0.2, 0) is 26.1 Å². The summed E-state index contributed by atoms with van der Waals surface area (Å²) in [5.41, 5.74) is 4.27. The normalized spacial score (nSPS) is 11.9. The van der Waals surface area contributed by atoms with Crippen molar-refractivity contribution >= 4 is 10.9 Å². The van der Waals surface area contributed by atoms with Gasteiger partial charge in [-0.3, -0.25) is 0 Å². The Kier molecular flexibility index (Phi) is 7.46. The summed E-state index contributed by atoms with van der Waals surface area (Å²) in [6.07, 6.45) is 2.87. The summed E-state index contributed by atoms with van der Waals surface area (Å²) in [5.74, 6) is 2.98. The fourth-order valence-corrected chi connectivity index (χ4v) is 4.08. The molecule has 1 N–H and O–H groups in total. The van der Waals surface area contributed by atoms with Gasteiger partial charge in [0.25, 0.3) is 0 Å². The van der Waals surface area contributed by atoms with E-state index in [2.05, 4.69) is 56.8 Å². The summed E-state index contributed by atoms with van der Waals surface area (Å²) >= 11 is 0. The minimum Gasteiger partial charge on any atom is -0.489 e. The number of para-hydroxylation sites is 1. The lowest BCUT2D eigenvalue weighted by atomic mass is 9.96. The first-order valence-corrected chi connectivity index (χ1v) is 12.2. The van der Waals surface area contributed by atoms with Gasteiger partial charge < -0.3 is 9.47 Å². The predicted molar refractivity (Wildman–Crippen MR) is 139 cm³/mol. The maximum absolute atomic E-state index is 5.98. The van der Waals surface area contributed by atoms with Crippen molar-refractivity contribution in [1.29, 1.82) is 0 Å². The molecule has 5 aromatic rings. The standard InChI is InChI=1S/C29H29N5O2/c1-21(6-17-29-31-33-34-32-29)18-22-7-13-26(14-8-22)35-19-23-9-15-27(16-10-23)36-20-25-12-11-24-4-2-3-5-28(24)30-25/h2-5,7-16,21H,6,17-20H2,1H3,(H,31,32,33,34). The quantitative estimate of drug-likeness (QED) is 0.261. The van der Waals surface area contributed by atoms with E-state index in [1.807, 2.05) is 60.7 Å². The lowest BCUT2D eigenvalue weighted by Gasteiger charge is -2.12. The van der Waals surface area contributed by atoms with Crippen molar-refractivity contribution in [2.75, 3.05) is 0 Å². The zero-order valence-corrected chi connectivity index (χ0v) is 20.3. The monoisotopic (exact) mass is 479 g/mol. The smallest absolute Gasteiger partial charge is 0.174 e. The maximum Gasteiger partial charge on any atom is 0.174 e. The van der Waals surface area contributed by atoms with E-state index in [4.69, 9.17) is 9.47 Å². The number of hydrogen-bond donors (Lipinski definition) is 1. The zero-order chi connectivity index (χ0) is 24.6. The van der Waals surface area contributed by atoms with Crippen LogP contribution in [0.4, 0.5) is 0 Å². The third-order valence-corrected chi connectivity index (χ3v) is 6.13. The van der Waals surface area contributed by atoms with Crippen LogP contribution < -0.4 is 9.47 Å². The summed E-state index contributed by atoms with van der Waals surface area (Å²) in [7, 11) is 0. The van der Waals surface area contributed by atoms with Gasteiger partial charge in [0.15, 0.2) is 5.82 Å². The number of hydrogen-bond acceptors (Lipinski definition) is 6. The van der Waals surface area contributed by atoms with E-state index >= 15 is 0 Å². The van der Waals surface area contributed by atoms with Crippen LogP contribution in [0.1, 0.15) is 36.0 Å². The van der Waals surface area contributed by atoms with Crippen LogP contribution >= 0.6 is 0 Å². The molecule has 0 saturated carbocycles. The highest BCUT2D eigenvalue weighted by Gasteiger charge is 2.07. The molecule has 5 rings (SSSR count). The Labute approximate surface area is 210 Å². The van der Waals surface area contributed by atoms with Gasteiger partial charge in [-0.15, -0.1) is 10.2 Å². The van der Waals surface area contributed by atoms with Gasteiger partial charge in [-0.2, -0.15) is 5.21 Å². The van der Waals surface area contributed by atoms with Crippen LogP contribution in [-0.4, -0.2) is 25.6 Å². The Morgan fingerprint density at radius 2 is 1.50 bits per heavy atom. The number of benzene rings is 3. The fraction of sp³-hybridized carbons (Fsp3) is 0.241. The van der Waals surface area contributed by atoms with Gasteiger partial charge in [-0.1, -0.05) is 60.7 Å². The number of H-pyrrole nitrogens is 1. The highest BCUT2D eigenvalue weighted by molar-refractivity contribution is 5.78. The van der Waals surface area contributed by atoms with Gasteiger partial charge in [-0.25, -0.2) is 4.98 Å². The molecular formula is C29H29N5O2. The maximum atomic E-state index is 5.98. The molecule has 0 aliphatic heterocycles. The molecule has 0 spiro atoms. The summed E-state index contributed by atoms with van der Waals surface area (Å²) in [4.78, 5) is 4.66. The SMILES string of the molecule is CC(CCc1nn[nH]n1)Cc1ccc(OCc2ccc(OCc3ccc4ccccc4n3)cc2)cc1. The number of aromatic amines is 1. The highest BCUT2D eigenvalue weighted by atomic mass is 16.5. The lowest BCUT2D eigenvalue weighted by Crippen LogP contribution is -2.03. The van der Waals surface area contributed by atoms with Gasteiger partial charge in [0, 0.05) is 11.8 Å². The molecule has 0 aliphatic rings. The molecule has 1 atom stereocenters. The van der Waals surface area contributed by atoms with Crippen molar-refractivity contribution in [1.82, 2.24) is 25.6 Å². The third-order valence-electron chi connectivity index (χ3n) is 6.13. The van der Waals surface area contributed by atoms with Crippen LogP contribution in [0.2, 0.25) is 0 Å². The number of aromatic nitrogens is 5. The molecule has 3 aromatic carbocycles. The van der Waals surface area contributed by atoms with E-state index < -0.39 is 0 Å². The van der Waals surface area contributed by atoms with Gasteiger partial charge >= 0.3 is 0 Å². The van der Waals surface area contributed by atoms with Gasteiger partial charge in [0.1, 0.15) is 24.7 Å². The van der Waals surface area contributed by atoms with Crippen LogP contribution in [0, 0.1) is 5.92 Å². The van der Waals surface area contributed by atoms with Crippen LogP contribution in [0.5, 0.6) is 11.5 Å². The van der Waals surface area contributed by atoms with Crippen molar-refractivity contribution in [3.63, 3.8) is 0 Å².